The average Bonchev–Trinajstić information content (AvgIpc) is 2.49. The smallest absolute Gasteiger partial charge is 0.223 e. The molecule has 0 bridgehead atoms. The highest BCUT2D eigenvalue weighted by atomic mass is 16.2. The normalized spacial score (nSPS) is 27.6. The Morgan fingerprint density at radius 1 is 1.36 bits per heavy atom. The molecule has 0 aromatic carbocycles. The fourth-order valence-electron chi connectivity index (χ4n) is 2.87. The lowest BCUT2D eigenvalue weighted by atomic mass is 9.85. The Hall–Kier alpha value is -0.570. The summed E-state index contributed by atoms with van der Waals surface area (Å²) >= 11 is 0. The molecule has 3 heteroatoms. The van der Waals surface area contributed by atoms with E-state index in [1.165, 1.54) is 0 Å². The fraction of sp³-hybridized carbons (Fsp3) is 0.818. The summed E-state index contributed by atoms with van der Waals surface area (Å²) in [6.07, 6.45) is 4.03. The van der Waals surface area contributed by atoms with Gasteiger partial charge in [0.2, 0.25) is 5.91 Å². The Morgan fingerprint density at radius 3 is 2.57 bits per heavy atom. The molecule has 80 valence electrons. The number of nitrogens with zero attached hydrogens (tertiary/aromatic N) is 2. The van der Waals surface area contributed by atoms with Crippen molar-refractivity contribution < 1.29 is 4.79 Å². The molecule has 0 aromatic heterocycles. The minimum atomic E-state index is 0.194. The van der Waals surface area contributed by atoms with Gasteiger partial charge in [0, 0.05) is 18.5 Å². The molecule has 0 aliphatic carbocycles. The van der Waals surface area contributed by atoms with E-state index in [1.54, 1.807) is 0 Å². The molecule has 2 rings (SSSR count). The lowest BCUT2D eigenvalue weighted by Gasteiger charge is -2.46. The third kappa shape index (κ3) is 1.44. The van der Waals surface area contributed by atoms with Crippen LogP contribution >= 0.6 is 0 Å². The molecule has 0 aromatic rings. The van der Waals surface area contributed by atoms with E-state index in [-0.39, 0.29) is 5.54 Å². The molecule has 0 radical (unpaired) electrons. The molecule has 2 saturated heterocycles. The van der Waals surface area contributed by atoms with E-state index in [4.69, 9.17) is 0 Å². The van der Waals surface area contributed by atoms with Gasteiger partial charge in [-0.3, -0.25) is 11.8 Å². The van der Waals surface area contributed by atoms with Crippen molar-refractivity contribution in [3.05, 3.63) is 7.05 Å². The highest BCUT2D eigenvalue weighted by Gasteiger charge is 2.44. The zero-order chi connectivity index (χ0) is 10.2. The standard InChI is InChI=1S/C11H19N2O/c1-3-13-10(14)4-5-11(13)6-8-12(2)9-7-11/h2-9H2,1H3/q-1. The van der Waals surface area contributed by atoms with Crippen molar-refractivity contribution in [2.75, 3.05) is 19.6 Å². The van der Waals surface area contributed by atoms with Crippen LogP contribution in [-0.2, 0) is 4.79 Å². The first-order valence-corrected chi connectivity index (χ1v) is 5.54. The third-order valence-corrected chi connectivity index (χ3v) is 3.78. The minimum absolute atomic E-state index is 0.194. The average molecular weight is 195 g/mol. The molecule has 2 aliphatic heterocycles. The monoisotopic (exact) mass is 195 g/mol. The summed E-state index contributed by atoms with van der Waals surface area (Å²) in [6, 6.07) is 0. The first kappa shape index (κ1) is 9.97. The zero-order valence-electron chi connectivity index (χ0n) is 8.96. The minimum Gasteiger partial charge on any atom is -0.459 e. The van der Waals surface area contributed by atoms with Gasteiger partial charge < -0.3 is 9.80 Å². The molecule has 0 saturated carbocycles. The van der Waals surface area contributed by atoms with Crippen molar-refractivity contribution in [2.45, 2.75) is 38.1 Å². The Bertz CT molecular complexity index is 231. The van der Waals surface area contributed by atoms with Gasteiger partial charge in [0.05, 0.1) is 0 Å². The molecule has 3 nitrogen and oxygen atoms in total. The van der Waals surface area contributed by atoms with Crippen LogP contribution in [0.2, 0.25) is 0 Å². The van der Waals surface area contributed by atoms with Gasteiger partial charge in [-0.1, -0.05) is 0 Å². The van der Waals surface area contributed by atoms with E-state index in [0.717, 1.165) is 45.3 Å². The summed E-state index contributed by atoms with van der Waals surface area (Å²) in [5.41, 5.74) is 0.194. The Kier molecular flexibility index (Phi) is 2.52. The number of rotatable bonds is 1. The van der Waals surface area contributed by atoms with E-state index in [2.05, 4.69) is 23.8 Å². The largest absolute Gasteiger partial charge is 0.459 e. The lowest BCUT2D eigenvalue weighted by Crippen LogP contribution is -2.51. The molecule has 1 spiro atoms. The molecule has 14 heavy (non-hydrogen) atoms. The van der Waals surface area contributed by atoms with Crippen molar-refractivity contribution in [2.24, 2.45) is 0 Å². The molecule has 2 heterocycles. The number of hydrogen-bond acceptors (Lipinski definition) is 2. The maximum absolute atomic E-state index is 11.7. The van der Waals surface area contributed by atoms with Gasteiger partial charge in [0.15, 0.2) is 0 Å². The van der Waals surface area contributed by atoms with E-state index in [9.17, 15) is 4.79 Å². The molecular formula is C11H19N2O-. The number of amides is 1. The summed E-state index contributed by atoms with van der Waals surface area (Å²) in [6.45, 7) is 5.02. The van der Waals surface area contributed by atoms with Gasteiger partial charge in [-0.15, -0.1) is 0 Å². The van der Waals surface area contributed by atoms with Crippen molar-refractivity contribution in [3.63, 3.8) is 0 Å². The van der Waals surface area contributed by atoms with Crippen LogP contribution in [0.1, 0.15) is 32.6 Å². The highest BCUT2D eigenvalue weighted by Crippen LogP contribution is 2.38. The van der Waals surface area contributed by atoms with Crippen LogP contribution in [0.25, 0.3) is 0 Å². The van der Waals surface area contributed by atoms with Crippen LogP contribution in [0, 0.1) is 7.05 Å². The van der Waals surface area contributed by atoms with Crippen molar-refractivity contribution in [1.29, 1.82) is 0 Å². The Labute approximate surface area is 86.1 Å². The highest BCUT2D eigenvalue weighted by molar-refractivity contribution is 5.79. The van der Waals surface area contributed by atoms with Crippen molar-refractivity contribution in [1.82, 2.24) is 9.80 Å². The van der Waals surface area contributed by atoms with Crippen molar-refractivity contribution >= 4 is 5.91 Å². The fourth-order valence-corrected chi connectivity index (χ4v) is 2.87. The van der Waals surface area contributed by atoms with Crippen molar-refractivity contribution in [3.8, 4) is 0 Å². The number of carbonyl (C=O) groups excluding carboxylic acids is 1. The summed E-state index contributed by atoms with van der Waals surface area (Å²) in [5.74, 6) is 0.352. The van der Waals surface area contributed by atoms with Crippen LogP contribution in [0.4, 0.5) is 0 Å². The lowest BCUT2D eigenvalue weighted by molar-refractivity contribution is -0.132. The predicted molar refractivity (Wildman–Crippen MR) is 55.5 cm³/mol. The van der Waals surface area contributed by atoms with Crippen LogP contribution < -0.4 is 0 Å². The van der Waals surface area contributed by atoms with E-state index in [0.29, 0.717) is 5.91 Å². The van der Waals surface area contributed by atoms with E-state index < -0.39 is 0 Å². The molecule has 0 N–H and O–H groups in total. The first-order valence-electron chi connectivity index (χ1n) is 5.54. The number of piperidine rings is 1. The van der Waals surface area contributed by atoms with Gasteiger partial charge in [-0.05, 0) is 39.3 Å². The van der Waals surface area contributed by atoms with Crippen LogP contribution in [0.3, 0.4) is 0 Å². The van der Waals surface area contributed by atoms with Crippen LogP contribution in [0.5, 0.6) is 0 Å². The summed E-state index contributed by atoms with van der Waals surface area (Å²) in [4.78, 5) is 15.9. The van der Waals surface area contributed by atoms with Gasteiger partial charge >= 0.3 is 0 Å². The van der Waals surface area contributed by atoms with Crippen LogP contribution in [-0.4, -0.2) is 40.9 Å². The van der Waals surface area contributed by atoms with Gasteiger partial charge in [-0.2, -0.15) is 0 Å². The molecular weight excluding hydrogens is 176 g/mol. The van der Waals surface area contributed by atoms with Crippen LogP contribution in [0.15, 0.2) is 0 Å². The molecule has 2 aliphatic rings. The number of carbonyl (C=O) groups is 1. The molecule has 0 unspecified atom stereocenters. The second-order valence-corrected chi connectivity index (χ2v) is 4.48. The summed E-state index contributed by atoms with van der Waals surface area (Å²) in [7, 11) is 3.95. The predicted octanol–water partition coefficient (Wildman–Crippen LogP) is 1.25. The maximum Gasteiger partial charge on any atom is 0.223 e. The van der Waals surface area contributed by atoms with E-state index in [1.807, 2.05) is 0 Å². The molecule has 1 amide bonds. The summed E-state index contributed by atoms with van der Waals surface area (Å²) in [5, 5.41) is 0. The SMILES string of the molecule is [CH2-]N1CCC2(CCC(=O)N2CC)CC1. The zero-order valence-corrected chi connectivity index (χ0v) is 8.96. The number of likely N-dealkylation sites (tertiary alicyclic amines) is 2. The quantitative estimate of drug-likeness (QED) is 0.588. The van der Waals surface area contributed by atoms with Gasteiger partial charge in [-0.25, -0.2) is 0 Å². The first-order chi connectivity index (χ1) is 6.68. The Balaban J connectivity index is 2.11. The molecule has 2 fully saturated rings. The Morgan fingerprint density at radius 2 is 2.00 bits per heavy atom. The third-order valence-electron chi connectivity index (χ3n) is 3.78. The molecule has 0 atom stereocenters. The second-order valence-electron chi connectivity index (χ2n) is 4.48. The topological polar surface area (TPSA) is 23.6 Å². The second kappa shape index (κ2) is 3.54. The van der Waals surface area contributed by atoms with E-state index >= 15 is 0 Å². The van der Waals surface area contributed by atoms with Gasteiger partial charge in [0.1, 0.15) is 0 Å². The summed E-state index contributed by atoms with van der Waals surface area (Å²) < 4.78 is 0. The van der Waals surface area contributed by atoms with Gasteiger partial charge in [0.25, 0.3) is 0 Å². The number of hydrogen-bond donors (Lipinski definition) is 0. The maximum atomic E-state index is 11.7.